The highest BCUT2D eigenvalue weighted by Crippen LogP contribution is 2.50. The highest BCUT2D eigenvalue weighted by atomic mass is 16.4. The minimum absolute atomic E-state index is 0.159. The number of aliphatic hydroxyl groups is 3. The quantitative estimate of drug-likeness (QED) is 0.356. The summed E-state index contributed by atoms with van der Waals surface area (Å²) in [5.41, 5.74) is -3.25. The smallest absolute Gasteiger partial charge is 0.109 e. The predicted octanol–water partition coefficient (Wildman–Crippen LogP) is 7.08. The Bertz CT molecular complexity index is 578. The predicted molar refractivity (Wildman–Crippen MR) is 136 cm³/mol. The van der Waals surface area contributed by atoms with E-state index < -0.39 is 16.8 Å². The first kappa shape index (κ1) is 25.7. The van der Waals surface area contributed by atoms with Crippen LogP contribution in [0.15, 0.2) is 12.2 Å². The minimum atomic E-state index is -1.31. The zero-order valence-corrected chi connectivity index (χ0v) is 21.4. The molecule has 0 heterocycles. The Morgan fingerprint density at radius 1 is 0.455 bits per heavy atom. The first-order valence-corrected chi connectivity index (χ1v) is 14.8. The molecule has 0 aromatic heterocycles. The van der Waals surface area contributed by atoms with Crippen LogP contribution in [-0.4, -0.2) is 32.1 Å². The van der Waals surface area contributed by atoms with Gasteiger partial charge in [-0.2, -0.15) is 0 Å². The van der Waals surface area contributed by atoms with Gasteiger partial charge in [-0.05, 0) is 82.0 Å². The Balaban J connectivity index is 1.64. The molecule has 3 N–H and O–H groups in total. The summed E-state index contributed by atoms with van der Waals surface area (Å²) in [5.74, 6) is 0.899. The highest BCUT2D eigenvalue weighted by molar-refractivity contribution is 5.20. The summed E-state index contributed by atoms with van der Waals surface area (Å²) in [6, 6.07) is 0. The van der Waals surface area contributed by atoms with E-state index in [0.29, 0.717) is 11.8 Å². The first-order chi connectivity index (χ1) is 15.9. The maximum absolute atomic E-state index is 12.4. The van der Waals surface area contributed by atoms with Crippen LogP contribution in [0.25, 0.3) is 0 Å². The van der Waals surface area contributed by atoms with Crippen molar-refractivity contribution >= 4 is 0 Å². The van der Waals surface area contributed by atoms with Gasteiger partial charge in [-0.25, -0.2) is 0 Å². The van der Waals surface area contributed by atoms with Gasteiger partial charge in [0.15, 0.2) is 0 Å². The molecule has 3 nitrogen and oxygen atoms in total. The summed E-state index contributed by atoms with van der Waals surface area (Å²) in [6.45, 7) is 1.86. The molecule has 0 aliphatic heterocycles. The Kier molecular flexibility index (Phi) is 8.67. The van der Waals surface area contributed by atoms with Crippen molar-refractivity contribution in [1.82, 2.24) is 0 Å². The lowest BCUT2D eigenvalue weighted by Gasteiger charge is -2.52. The van der Waals surface area contributed by atoms with Gasteiger partial charge in [0.2, 0.25) is 0 Å². The lowest BCUT2D eigenvalue weighted by molar-refractivity contribution is -0.194. The third kappa shape index (κ3) is 5.41. The van der Waals surface area contributed by atoms with E-state index in [1.54, 1.807) is 0 Å². The summed E-state index contributed by atoms with van der Waals surface area (Å²) in [5, 5.41) is 36.7. The van der Waals surface area contributed by atoms with Gasteiger partial charge in [0.1, 0.15) is 11.2 Å². The average molecular weight is 461 g/mol. The van der Waals surface area contributed by atoms with Crippen molar-refractivity contribution in [3.63, 3.8) is 0 Å². The molecule has 190 valence electrons. The molecule has 0 aromatic rings. The van der Waals surface area contributed by atoms with Crippen molar-refractivity contribution in [3.05, 3.63) is 12.2 Å². The van der Waals surface area contributed by atoms with Crippen molar-refractivity contribution in [2.75, 3.05) is 0 Å². The van der Waals surface area contributed by atoms with E-state index in [1.807, 2.05) is 19.1 Å². The Morgan fingerprint density at radius 2 is 0.758 bits per heavy atom. The Hall–Kier alpha value is -0.380. The summed E-state index contributed by atoms with van der Waals surface area (Å²) in [7, 11) is 0. The van der Waals surface area contributed by atoms with Crippen LogP contribution < -0.4 is 0 Å². The van der Waals surface area contributed by atoms with Gasteiger partial charge in [-0.3, -0.25) is 0 Å². The van der Waals surface area contributed by atoms with Gasteiger partial charge in [-0.1, -0.05) is 89.2 Å². The van der Waals surface area contributed by atoms with Crippen molar-refractivity contribution in [3.8, 4) is 0 Å². The van der Waals surface area contributed by atoms with Gasteiger partial charge < -0.3 is 15.3 Å². The molecule has 4 fully saturated rings. The summed E-state index contributed by atoms with van der Waals surface area (Å²) in [4.78, 5) is 0. The third-order valence-corrected chi connectivity index (χ3v) is 10.5. The zero-order chi connectivity index (χ0) is 23.4. The number of hydrogen-bond donors (Lipinski definition) is 3. The summed E-state index contributed by atoms with van der Waals surface area (Å²) in [6.07, 6.45) is 26.9. The molecule has 4 aliphatic carbocycles. The Morgan fingerprint density at radius 3 is 1.09 bits per heavy atom. The van der Waals surface area contributed by atoms with Crippen molar-refractivity contribution in [2.45, 2.75) is 152 Å². The number of hydrogen-bond acceptors (Lipinski definition) is 3. The second-order valence-electron chi connectivity index (χ2n) is 12.5. The molecule has 0 saturated heterocycles. The van der Waals surface area contributed by atoms with E-state index in [0.717, 1.165) is 77.0 Å². The zero-order valence-electron chi connectivity index (χ0n) is 21.4. The van der Waals surface area contributed by atoms with Crippen LogP contribution in [0, 0.1) is 23.7 Å². The molecule has 0 amide bonds. The van der Waals surface area contributed by atoms with Crippen molar-refractivity contribution in [1.29, 1.82) is 0 Å². The molecule has 0 radical (unpaired) electrons. The van der Waals surface area contributed by atoms with Crippen LogP contribution in [0.4, 0.5) is 0 Å². The molecule has 33 heavy (non-hydrogen) atoms. The standard InChI is InChI=1S/C30H52O3/c1-28(31,30(33,26-18-10-4-11-19-26)27-20-12-5-13-21-27)22-23-29(32,24-14-6-2-7-15-24)25-16-8-3-9-17-25/h22-27,31-33H,2-21H2,1H3. The average Bonchev–Trinajstić information content (AvgIpc) is 2.89. The second-order valence-corrected chi connectivity index (χ2v) is 12.5. The molecule has 3 heteroatoms. The SMILES string of the molecule is CC(O)(C=CC(O)(C1CCCCC1)C1CCCCC1)C(O)(C1CCCCC1)C1CCCCC1. The van der Waals surface area contributed by atoms with Gasteiger partial charge >= 0.3 is 0 Å². The monoisotopic (exact) mass is 460 g/mol. The molecule has 0 aromatic carbocycles. The van der Waals surface area contributed by atoms with Crippen LogP contribution in [0.2, 0.25) is 0 Å². The van der Waals surface area contributed by atoms with Crippen LogP contribution >= 0.6 is 0 Å². The molecule has 0 spiro atoms. The van der Waals surface area contributed by atoms with Crippen LogP contribution in [0.1, 0.15) is 135 Å². The summed E-state index contributed by atoms with van der Waals surface area (Å²) < 4.78 is 0. The summed E-state index contributed by atoms with van der Waals surface area (Å²) >= 11 is 0. The third-order valence-electron chi connectivity index (χ3n) is 10.5. The highest BCUT2D eigenvalue weighted by Gasteiger charge is 2.55. The molecular formula is C30H52O3. The Labute approximate surface area is 203 Å². The largest absolute Gasteiger partial charge is 0.386 e. The molecule has 1 unspecified atom stereocenters. The topological polar surface area (TPSA) is 60.7 Å². The lowest BCUT2D eigenvalue weighted by Crippen LogP contribution is -2.61. The van der Waals surface area contributed by atoms with Gasteiger partial charge in [0, 0.05) is 0 Å². The maximum Gasteiger partial charge on any atom is 0.109 e. The van der Waals surface area contributed by atoms with Crippen molar-refractivity contribution in [2.24, 2.45) is 23.7 Å². The van der Waals surface area contributed by atoms with Crippen LogP contribution in [0.3, 0.4) is 0 Å². The molecule has 4 rings (SSSR count). The van der Waals surface area contributed by atoms with E-state index in [4.69, 9.17) is 0 Å². The van der Waals surface area contributed by atoms with Gasteiger partial charge in [0.25, 0.3) is 0 Å². The lowest BCUT2D eigenvalue weighted by atomic mass is 9.59. The van der Waals surface area contributed by atoms with Gasteiger partial charge in [0.05, 0.1) is 5.60 Å². The fourth-order valence-corrected chi connectivity index (χ4v) is 8.41. The van der Waals surface area contributed by atoms with E-state index in [1.165, 1.54) is 51.4 Å². The van der Waals surface area contributed by atoms with Gasteiger partial charge in [-0.15, -0.1) is 0 Å². The first-order valence-electron chi connectivity index (χ1n) is 14.8. The van der Waals surface area contributed by atoms with Crippen LogP contribution in [-0.2, 0) is 0 Å². The van der Waals surface area contributed by atoms with E-state index in [-0.39, 0.29) is 11.8 Å². The normalized spacial score (nSPS) is 28.2. The maximum atomic E-state index is 12.4. The molecule has 4 aliphatic rings. The molecule has 4 saturated carbocycles. The fourth-order valence-electron chi connectivity index (χ4n) is 8.41. The number of rotatable bonds is 7. The van der Waals surface area contributed by atoms with Crippen molar-refractivity contribution < 1.29 is 15.3 Å². The second kappa shape index (κ2) is 11.1. The minimum Gasteiger partial charge on any atom is -0.386 e. The van der Waals surface area contributed by atoms with E-state index in [9.17, 15) is 15.3 Å². The molecule has 0 bridgehead atoms. The van der Waals surface area contributed by atoms with E-state index >= 15 is 0 Å². The molecule has 1 atom stereocenters. The fraction of sp³-hybridized carbons (Fsp3) is 0.933. The van der Waals surface area contributed by atoms with E-state index in [2.05, 4.69) is 0 Å². The van der Waals surface area contributed by atoms with Crippen LogP contribution in [0.5, 0.6) is 0 Å². The molecular weight excluding hydrogens is 408 g/mol.